The molecule has 0 aromatic heterocycles. The summed E-state index contributed by atoms with van der Waals surface area (Å²) in [7, 11) is 2.23. The third-order valence-electron chi connectivity index (χ3n) is 4.89. The van der Waals surface area contributed by atoms with Crippen LogP contribution in [0.3, 0.4) is 0 Å². The highest BCUT2D eigenvalue weighted by Crippen LogP contribution is 2.34. The number of nitrogens with zero attached hydrogens (tertiary/aromatic N) is 2. The molecule has 19 heavy (non-hydrogen) atoms. The van der Waals surface area contributed by atoms with Crippen LogP contribution in [0.15, 0.2) is 0 Å². The van der Waals surface area contributed by atoms with Crippen molar-refractivity contribution in [1.29, 1.82) is 0 Å². The molecule has 0 bridgehead atoms. The number of hydrogen-bond donors (Lipinski definition) is 1. The Bertz CT molecular complexity index is 257. The molecule has 3 heteroatoms. The van der Waals surface area contributed by atoms with Gasteiger partial charge in [-0.25, -0.2) is 0 Å². The molecule has 3 nitrogen and oxygen atoms in total. The molecule has 1 saturated heterocycles. The molecule has 1 unspecified atom stereocenters. The standard InChI is InChI=1S/C16H33N3/c1-16(2)7-4-6-15(14-16)17-8-5-9-19-12-10-18(3)11-13-19/h15,17H,4-14H2,1-3H3. The Kier molecular flexibility index (Phi) is 5.67. The van der Waals surface area contributed by atoms with Gasteiger partial charge in [0.15, 0.2) is 0 Å². The van der Waals surface area contributed by atoms with Gasteiger partial charge in [-0.05, 0) is 51.2 Å². The monoisotopic (exact) mass is 267 g/mol. The fourth-order valence-corrected chi connectivity index (χ4v) is 3.55. The first-order valence-electron chi connectivity index (χ1n) is 8.19. The summed E-state index contributed by atoms with van der Waals surface area (Å²) in [6, 6.07) is 0.774. The average molecular weight is 267 g/mol. The quantitative estimate of drug-likeness (QED) is 0.770. The second kappa shape index (κ2) is 7.05. The molecule has 0 spiro atoms. The maximum atomic E-state index is 3.79. The van der Waals surface area contributed by atoms with Gasteiger partial charge in [-0.15, -0.1) is 0 Å². The number of rotatable bonds is 5. The van der Waals surface area contributed by atoms with Crippen LogP contribution in [0.1, 0.15) is 46.0 Å². The van der Waals surface area contributed by atoms with Crippen LogP contribution in [-0.4, -0.2) is 62.2 Å². The maximum absolute atomic E-state index is 3.79. The molecule has 0 amide bonds. The van der Waals surface area contributed by atoms with E-state index in [0.29, 0.717) is 5.41 Å². The smallest absolute Gasteiger partial charge is 0.0110 e. The van der Waals surface area contributed by atoms with Gasteiger partial charge in [0, 0.05) is 32.2 Å². The molecule has 112 valence electrons. The van der Waals surface area contributed by atoms with Crippen molar-refractivity contribution in [3.05, 3.63) is 0 Å². The van der Waals surface area contributed by atoms with E-state index in [4.69, 9.17) is 0 Å². The Balaban J connectivity index is 1.54. The van der Waals surface area contributed by atoms with Gasteiger partial charge in [-0.3, -0.25) is 0 Å². The minimum Gasteiger partial charge on any atom is -0.314 e. The lowest BCUT2D eigenvalue weighted by molar-refractivity contribution is 0.150. The molecule has 1 aliphatic heterocycles. The minimum absolute atomic E-state index is 0.563. The van der Waals surface area contributed by atoms with Crippen molar-refractivity contribution in [2.75, 3.05) is 46.3 Å². The predicted octanol–water partition coefficient (Wildman–Crippen LogP) is 2.18. The van der Waals surface area contributed by atoms with Gasteiger partial charge in [0.2, 0.25) is 0 Å². The first-order valence-corrected chi connectivity index (χ1v) is 8.19. The predicted molar refractivity (Wildman–Crippen MR) is 82.6 cm³/mol. The zero-order valence-electron chi connectivity index (χ0n) is 13.2. The zero-order valence-corrected chi connectivity index (χ0v) is 13.2. The van der Waals surface area contributed by atoms with Crippen LogP contribution in [0.2, 0.25) is 0 Å². The van der Waals surface area contributed by atoms with Crippen LogP contribution in [-0.2, 0) is 0 Å². The second-order valence-corrected chi connectivity index (χ2v) is 7.41. The lowest BCUT2D eigenvalue weighted by atomic mass is 9.75. The van der Waals surface area contributed by atoms with Gasteiger partial charge in [-0.1, -0.05) is 20.3 Å². The first-order chi connectivity index (χ1) is 9.05. The van der Waals surface area contributed by atoms with E-state index in [-0.39, 0.29) is 0 Å². The van der Waals surface area contributed by atoms with E-state index in [1.54, 1.807) is 0 Å². The van der Waals surface area contributed by atoms with Gasteiger partial charge >= 0.3 is 0 Å². The Hall–Kier alpha value is -0.120. The van der Waals surface area contributed by atoms with Crippen LogP contribution in [0.4, 0.5) is 0 Å². The van der Waals surface area contributed by atoms with Crippen molar-refractivity contribution in [2.45, 2.75) is 52.0 Å². The summed E-state index contributed by atoms with van der Waals surface area (Å²) >= 11 is 0. The third-order valence-corrected chi connectivity index (χ3v) is 4.89. The molecule has 0 aromatic carbocycles. The van der Waals surface area contributed by atoms with Crippen molar-refractivity contribution in [3.63, 3.8) is 0 Å². The van der Waals surface area contributed by atoms with Crippen molar-refractivity contribution in [1.82, 2.24) is 15.1 Å². The molecule has 1 N–H and O–H groups in total. The number of likely N-dealkylation sites (N-methyl/N-ethyl adjacent to an activating group) is 1. The molecule has 2 rings (SSSR count). The minimum atomic E-state index is 0.563. The molecular formula is C16H33N3. The molecule has 1 aliphatic carbocycles. The van der Waals surface area contributed by atoms with Crippen LogP contribution < -0.4 is 5.32 Å². The summed E-state index contributed by atoms with van der Waals surface area (Å²) in [5.74, 6) is 0. The topological polar surface area (TPSA) is 18.5 Å². The van der Waals surface area contributed by atoms with E-state index in [2.05, 4.69) is 36.0 Å². The highest BCUT2D eigenvalue weighted by Gasteiger charge is 2.27. The highest BCUT2D eigenvalue weighted by molar-refractivity contribution is 4.83. The Morgan fingerprint density at radius 3 is 2.58 bits per heavy atom. The summed E-state index contributed by atoms with van der Waals surface area (Å²) in [6.07, 6.45) is 6.87. The Morgan fingerprint density at radius 1 is 1.16 bits per heavy atom. The number of piperazine rings is 1. The highest BCUT2D eigenvalue weighted by atomic mass is 15.2. The van der Waals surface area contributed by atoms with Crippen molar-refractivity contribution < 1.29 is 0 Å². The van der Waals surface area contributed by atoms with Gasteiger partial charge in [0.25, 0.3) is 0 Å². The Labute approximate surface area is 119 Å². The second-order valence-electron chi connectivity index (χ2n) is 7.41. The van der Waals surface area contributed by atoms with E-state index in [1.807, 2.05) is 0 Å². The molecule has 0 aromatic rings. The van der Waals surface area contributed by atoms with E-state index < -0.39 is 0 Å². The molecule has 1 atom stereocenters. The molecule has 2 aliphatic rings. The van der Waals surface area contributed by atoms with Gasteiger partial charge in [-0.2, -0.15) is 0 Å². The Morgan fingerprint density at radius 2 is 1.89 bits per heavy atom. The van der Waals surface area contributed by atoms with Crippen LogP contribution in [0, 0.1) is 5.41 Å². The SMILES string of the molecule is CN1CCN(CCCNC2CCCC(C)(C)C2)CC1. The molecule has 2 fully saturated rings. The number of nitrogens with one attached hydrogen (secondary N) is 1. The largest absolute Gasteiger partial charge is 0.314 e. The summed E-state index contributed by atoms with van der Waals surface area (Å²) in [4.78, 5) is 5.05. The van der Waals surface area contributed by atoms with Crippen LogP contribution in [0.5, 0.6) is 0 Å². The summed E-state index contributed by atoms with van der Waals surface area (Å²) < 4.78 is 0. The lowest BCUT2D eigenvalue weighted by Crippen LogP contribution is -2.45. The fourth-order valence-electron chi connectivity index (χ4n) is 3.55. The average Bonchev–Trinajstić information content (AvgIpc) is 2.36. The number of hydrogen-bond acceptors (Lipinski definition) is 3. The van der Waals surface area contributed by atoms with Crippen LogP contribution >= 0.6 is 0 Å². The van der Waals surface area contributed by atoms with E-state index in [0.717, 1.165) is 6.04 Å². The molecule has 1 heterocycles. The van der Waals surface area contributed by atoms with Crippen molar-refractivity contribution in [2.24, 2.45) is 5.41 Å². The van der Waals surface area contributed by atoms with E-state index in [1.165, 1.54) is 71.4 Å². The third kappa shape index (κ3) is 5.41. The summed E-state index contributed by atoms with van der Waals surface area (Å²) in [5, 5.41) is 3.79. The fraction of sp³-hybridized carbons (Fsp3) is 1.00. The lowest BCUT2D eigenvalue weighted by Gasteiger charge is -2.36. The van der Waals surface area contributed by atoms with E-state index in [9.17, 15) is 0 Å². The molecule has 0 radical (unpaired) electrons. The molecule has 1 saturated carbocycles. The van der Waals surface area contributed by atoms with Crippen molar-refractivity contribution >= 4 is 0 Å². The van der Waals surface area contributed by atoms with Gasteiger partial charge < -0.3 is 15.1 Å². The van der Waals surface area contributed by atoms with E-state index >= 15 is 0 Å². The van der Waals surface area contributed by atoms with Crippen LogP contribution in [0.25, 0.3) is 0 Å². The molecular weight excluding hydrogens is 234 g/mol. The van der Waals surface area contributed by atoms with Gasteiger partial charge in [0.05, 0.1) is 0 Å². The zero-order chi connectivity index (χ0) is 13.7. The summed E-state index contributed by atoms with van der Waals surface area (Å²) in [5.41, 5.74) is 0.563. The van der Waals surface area contributed by atoms with Gasteiger partial charge in [0.1, 0.15) is 0 Å². The summed E-state index contributed by atoms with van der Waals surface area (Å²) in [6.45, 7) is 12.3. The normalized spacial score (nSPS) is 29.5. The first kappa shape index (κ1) is 15.3. The maximum Gasteiger partial charge on any atom is 0.0110 e. The van der Waals surface area contributed by atoms with Crippen molar-refractivity contribution in [3.8, 4) is 0 Å².